The van der Waals surface area contributed by atoms with Gasteiger partial charge in [-0.15, -0.1) is 0 Å². The van der Waals surface area contributed by atoms with Crippen molar-refractivity contribution in [2.75, 3.05) is 5.32 Å². The molecule has 5 nitrogen and oxygen atoms in total. The van der Waals surface area contributed by atoms with E-state index in [2.05, 4.69) is 16.4 Å². The Morgan fingerprint density at radius 2 is 1.74 bits per heavy atom. The van der Waals surface area contributed by atoms with Crippen LogP contribution in [0, 0.1) is 11.3 Å². The average molecular weight is 352 g/mol. The maximum atomic E-state index is 12.5. The first-order valence-corrected chi connectivity index (χ1v) is 8.54. The fourth-order valence-corrected chi connectivity index (χ4v) is 2.94. The largest absolute Gasteiger partial charge is 0.322 e. The highest BCUT2D eigenvalue weighted by molar-refractivity contribution is 6.04. The number of fused-ring (bicyclic) bond motifs is 1. The molecule has 0 atom stereocenters. The van der Waals surface area contributed by atoms with Crippen LogP contribution < -0.4 is 5.32 Å². The number of rotatable bonds is 4. The molecule has 130 valence electrons. The molecule has 4 aromatic rings. The number of benzene rings is 3. The van der Waals surface area contributed by atoms with Crippen molar-refractivity contribution < 1.29 is 4.79 Å². The van der Waals surface area contributed by atoms with Crippen LogP contribution in [0.25, 0.3) is 16.7 Å². The second-order valence-corrected chi connectivity index (χ2v) is 6.14. The van der Waals surface area contributed by atoms with E-state index in [1.807, 2.05) is 53.1 Å². The van der Waals surface area contributed by atoms with E-state index < -0.39 is 0 Å². The summed E-state index contributed by atoms with van der Waals surface area (Å²) in [5.41, 5.74) is 5.09. The van der Waals surface area contributed by atoms with Crippen LogP contribution in [0.1, 0.15) is 15.9 Å². The number of anilines is 1. The van der Waals surface area contributed by atoms with Crippen LogP contribution in [-0.2, 0) is 6.42 Å². The Balaban J connectivity index is 1.51. The number of nitriles is 1. The van der Waals surface area contributed by atoms with Gasteiger partial charge in [0, 0.05) is 16.9 Å². The van der Waals surface area contributed by atoms with Crippen LogP contribution in [0.2, 0.25) is 0 Å². The first-order valence-electron chi connectivity index (χ1n) is 8.54. The minimum absolute atomic E-state index is 0.176. The molecule has 0 saturated heterocycles. The quantitative estimate of drug-likeness (QED) is 0.594. The van der Waals surface area contributed by atoms with E-state index in [9.17, 15) is 4.79 Å². The summed E-state index contributed by atoms with van der Waals surface area (Å²) < 4.78 is 1.99. The van der Waals surface area contributed by atoms with Crippen LogP contribution in [-0.4, -0.2) is 15.5 Å². The molecule has 0 aliphatic carbocycles. The van der Waals surface area contributed by atoms with Crippen molar-refractivity contribution >= 4 is 22.6 Å². The molecular formula is C22H16N4O. The molecule has 0 spiro atoms. The van der Waals surface area contributed by atoms with Crippen molar-refractivity contribution in [3.63, 3.8) is 0 Å². The van der Waals surface area contributed by atoms with Crippen molar-refractivity contribution in [1.29, 1.82) is 5.26 Å². The van der Waals surface area contributed by atoms with E-state index >= 15 is 0 Å². The number of carbonyl (C=O) groups excluding carboxylic acids is 1. The number of nitrogens with zero attached hydrogens (tertiary/aromatic N) is 3. The molecule has 1 amide bonds. The van der Waals surface area contributed by atoms with Gasteiger partial charge in [-0.1, -0.05) is 24.3 Å². The molecule has 4 rings (SSSR count). The molecule has 0 radical (unpaired) electrons. The highest BCUT2D eigenvalue weighted by Crippen LogP contribution is 2.19. The number of carbonyl (C=O) groups is 1. The third-order valence-corrected chi connectivity index (χ3v) is 4.36. The molecule has 1 N–H and O–H groups in total. The molecule has 5 heteroatoms. The molecule has 27 heavy (non-hydrogen) atoms. The minimum atomic E-state index is -0.176. The van der Waals surface area contributed by atoms with E-state index in [1.54, 1.807) is 30.6 Å². The molecule has 0 aliphatic heterocycles. The normalized spacial score (nSPS) is 10.5. The lowest BCUT2D eigenvalue weighted by Gasteiger charge is -2.08. The van der Waals surface area contributed by atoms with Crippen LogP contribution in [0.4, 0.5) is 5.69 Å². The number of para-hydroxylation sites is 2. The second kappa shape index (κ2) is 7.14. The number of aromatic nitrogens is 2. The average Bonchev–Trinajstić information content (AvgIpc) is 3.14. The Kier molecular flexibility index (Phi) is 4.38. The molecule has 3 aromatic carbocycles. The van der Waals surface area contributed by atoms with Crippen molar-refractivity contribution in [1.82, 2.24) is 9.55 Å². The molecular weight excluding hydrogens is 336 g/mol. The SMILES string of the molecule is N#CCc1ccc(NC(=O)c2ccc(-n3cnc4ccccc43)cc2)cc1. The second-order valence-electron chi connectivity index (χ2n) is 6.14. The van der Waals surface area contributed by atoms with Crippen LogP contribution >= 0.6 is 0 Å². The van der Waals surface area contributed by atoms with E-state index in [-0.39, 0.29) is 5.91 Å². The first-order chi connectivity index (χ1) is 13.2. The molecule has 0 bridgehead atoms. The summed E-state index contributed by atoms with van der Waals surface area (Å²) in [6.45, 7) is 0. The van der Waals surface area contributed by atoms with E-state index in [4.69, 9.17) is 5.26 Å². The first kappa shape index (κ1) is 16.6. The number of hydrogen-bond acceptors (Lipinski definition) is 3. The van der Waals surface area contributed by atoms with Gasteiger partial charge >= 0.3 is 0 Å². The number of nitrogens with one attached hydrogen (secondary N) is 1. The highest BCUT2D eigenvalue weighted by atomic mass is 16.1. The third-order valence-electron chi connectivity index (χ3n) is 4.36. The highest BCUT2D eigenvalue weighted by Gasteiger charge is 2.08. The Hall–Kier alpha value is -3.91. The van der Waals surface area contributed by atoms with Gasteiger partial charge in [0.1, 0.15) is 6.33 Å². The van der Waals surface area contributed by atoms with Gasteiger partial charge in [-0.05, 0) is 54.1 Å². The fourth-order valence-electron chi connectivity index (χ4n) is 2.94. The maximum absolute atomic E-state index is 12.5. The van der Waals surface area contributed by atoms with Gasteiger partial charge in [-0.2, -0.15) is 5.26 Å². The molecule has 0 saturated carbocycles. The van der Waals surface area contributed by atoms with Crippen LogP contribution in [0.15, 0.2) is 79.1 Å². The van der Waals surface area contributed by atoms with E-state index in [1.165, 1.54) is 0 Å². The monoisotopic (exact) mass is 352 g/mol. The van der Waals surface area contributed by atoms with Gasteiger partial charge in [0.15, 0.2) is 0 Å². The Morgan fingerprint density at radius 1 is 1.00 bits per heavy atom. The zero-order valence-electron chi connectivity index (χ0n) is 14.5. The van der Waals surface area contributed by atoms with Gasteiger partial charge in [0.05, 0.1) is 23.5 Å². The minimum Gasteiger partial charge on any atom is -0.322 e. The Bertz CT molecular complexity index is 1140. The van der Waals surface area contributed by atoms with E-state index in [0.717, 1.165) is 22.3 Å². The topological polar surface area (TPSA) is 70.7 Å². The third kappa shape index (κ3) is 3.42. The smallest absolute Gasteiger partial charge is 0.255 e. The van der Waals surface area contributed by atoms with Crippen LogP contribution in [0.5, 0.6) is 0 Å². The summed E-state index contributed by atoms with van der Waals surface area (Å²) in [6, 6.07) is 24.7. The van der Waals surface area contributed by atoms with Crippen molar-refractivity contribution in [3.8, 4) is 11.8 Å². The number of amides is 1. The molecule has 1 heterocycles. The van der Waals surface area contributed by atoms with Gasteiger partial charge in [-0.25, -0.2) is 4.98 Å². The summed E-state index contributed by atoms with van der Waals surface area (Å²) in [5, 5.41) is 11.6. The molecule has 1 aromatic heterocycles. The lowest BCUT2D eigenvalue weighted by Crippen LogP contribution is -2.11. The Morgan fingerprint density at radius 3 is 2.48 bits per heavy atom. The zero-order chi connectivity index (χ0) is 18.6. The lowest BCUT2D eigenvalue weighted by molar-refractivity contribution is 0.102. The molecule has 0 fully saturated rings. The molecule has 0 unspecified atom stereocenters. The van der Waals surface area contributed by atoms with E-state index in [0.29, 0.717) is 17.7 Å². The molecule has 0 aliphatic rings. The van der Waals surface area contributed by atoms with Crippen molar-refractivity contribution in [2.45, 2.75) is 6.42 Å². The summed E-state index contributed by atoms with van der Waals surface area (Å²) >= 11 is 0. The number of imidazole rings is 1. The van der Waals surface area contributed by atoms with Crippen molar-refractivity contribution in [3.05, 3.63) is 90.3 Å². The summed E-state index contributed by atoms with van der Waals surface area (Å²) in [7, 11) is 0. The predicted octanol–water partition coefficient (Wildman–Crippen LogP) is 4.34. The zero-order valence-corrected chi connectivity index (χ0v) is 14.5. The summed E-state index contributed by atoms with van der Waals surface area (Å²) in [6.07, 6.45) is 2.14. The number of hydrogen-bond donors (Lipinski definition) is 1. The van der Waals surface area contributed by atoms with Gasteiger partial charge in [0.2, 0.25) is 0 Å². The van der Waals surface area contributed by atoms with Crippen LogP contribution in [0.3, 0.4) is 0 Å². The Labute approximate surface area is 156 Å². The fraction of sp³-hybridized carbons (Fsp3) is 0.0455. The standard InChI is InChI=1S/C22H16N4O/c23-14-13-16-5-9-18(10-6-16)25-22(27)17-7-11-19(12-8-17)26-15-24-20-3-1-2-4-21(20)26/h1-12,15H,13H2,(H,25,27). The maximum Gasteiger partial charge on any atom is 0.255 e. The van der Waals surface area contributed by atoms with Crippen molar-refractivity contribution in [2.24, 2.45) is 0 Å². The van der Waals surface area contributed by atoms with Gasteiger partial charge in [0.25, 0.3) is 5.91 Å². The van der Waals surface area contributed by atoms with Gasteiger partial charge in [-0.3, -0.25) is 9.36 Å². The predicted molar refractivity (Wildman–Crippen MR) is 105 cm³/mol. The summed E-state index contributed by atoms with van der Waals surface area (Å²) in [4.78, 5) is 16.8. The lowest BCUT2D eigenvalue weighted by atomic mass is 10.1. The van der Waals surface area contributed by atoms with Gasteiger partial charge < -0.3 is 5.32 Å². The summed E-state index contributed by atoms with van der Waals surface area (Å²) in [5.74, 6) is -0.176.